The minimum absolute atomic E-state index is 0.187. The highest BCUT2D eigenvalue weighted by atomic mass is 32.1. The van der Waals surface area contributed by atoms with Gasteiger partial charge in [0.1, 0.15) is 11.6 Å². The topological polar surface area (TPSA) is 59.3 Å². The molecule has 5 heteroatoms. The quantitative estimate of drug-likeness (QED) is 0.645. The Labute approximate surface area is 99.2 Å². The number of rotatable bonds is 3. The SMILES string of the molecule is CCOC(=O)c1c(S)ccc(C#N)c1OC. The van der Waals surface area contributed by atoms with Crippen molar-refractivity contribution in [3.63, 3.8) is 0 Å². The summed E-state index contributed by atoms with van der Waals surface area (Å²) in [6, 6.07) is 5.06. The normalized spacial score (nSPS) is 9.38. The lowest BCUT2D eigenvalue weighted by Crippen LogP contribution is -2.09. The Morgan fingerprint density at radius 2 is 2.25 bits per heavy atom. The summed E-state index contributed by atoms with van der Waals surface area (Å²) in [4.78, 5) is 12.1. The van der Waals surface area contributed by atoms with Crippen LogP contribution in [0.1, 0.15) is 22.8 Å². The Morgan fingerprint density at radius 1 is 1.56 bits per heavy atom. The van der Waals surface area contributed by atoms with Gasteiger partial charge < -0.3 is 9.47 Å². The van der Waals surface area contributed by atoms with Gasteiger partial charge in [0.25, 0.3) is 0 Å². The van der Waals surface area contributed by atoms with E-state index in [1.807, 2.05) is 6.07 Å². The first kappa shape index (κ1) is 12.4. The van der Waals surface area contributed by atoms with Gasteiger partial charge in [0.05, 0.1) is 19.3 Å². The number of benzene rings is 1. The van der Waals surface area contributed by atoms with Gasteiger partial charge >= 0.3 is 5.97 Å². The number of carbonyl (C=O) groups is 1. The van der Waals surface area contributed by atoms with E-state index >= 15 is 0 Å². The molecule has 0 aliphatic carbocycles. The Hall–Kier alpha value is -1.67. The largest absolute Gasteiger partial charge is 0.494 e. The molecule has 16 heavy (non-hydrogen) atoms. The highest BCUT2D eigenvalue weighted by Crippen LogP contribution is 2.29. The van der Waals surface area contributed by atoms with Gasteiger partial charge in [-0.05, 0) is 19.1 Å². The van der Waals surface area contributed by atoms with E-state index in [4.69, 9.17) is 14.7 Å². The molecule has 0 N–H and O–H groups in total. The average Bonchev–Trinajstić information content (AvgIpc) is 2.28. The first-order valence-corrected chi connectivity index (χ1v) is 5.07. The Bertz CT molecular complexity index is 451. The fourth-order valence-corrected chi connectivity index (χ4v) is 1.54. The molecule has 0 amide bonds. The Morgan fingerprint density at radius 3 is 2.75 bits per heavy atom. The van der Waals surface area contributed by atoms with Gasteiger partial charge in [0, 0.05) is 4.90 Å². The van der Waals surface area contributed by atoms with Crippen molar-refractivity contribution >= 4 is 18.6 Å². The van der Waals surface area contributed by atoms with E-state index < -0.39 is 5.97 Å². The van der Waals surface area contributed by atoms with Crippen molar-refractivity contribution in [2.75, 3.05) is 13.7 Å². The van der Waals surface area contributed by atoms with Crippen LogP contribution in [0.5, 0.6) is 5.75 Å². The van der Waals surface area contributed by atoms with Gasteiger partial charge in [-0.2, -0.15) is 5.26 Å². The summed E-state index contributed by atoms with van der Waals surface area (Å²) in [5.74, 6) is -0.338. The van der Waals surface area contributed by atoms with E-state index in [2.05, 4.69) is 12.6 Å². The third kappa shape index (κ3) is 2.28. The van der Waals surface area contributed by atoms with Crippen LogP contribution in [0.2, 0.25) is 0 Å². The summed E-state index contributed by atoms with van der Waals surface area (Å²) in [5.41, 5.74) is 0.468. The third-order valence-electron chi connectivity index (χ3n) is 1.94. The summed E-state index contributed by atoms with van der Waals surface area (Å²) < 4.78 is 9.92. The maximum Gasteiger partial charge on any atom is 0.343 e. The molecule has 0 bridgehead atoms. The second-order valence-corrected chi connectivity index (χ2v) is 3.35. The highest BCUT2D eigenvalue weighted by Gasteiger charge is 2.20. The highest BCUT2D eigenvalue weighted by molar-refractivity contribution is 7.80. The van der Waals surface area contributed by atoms with Crippen LogP contribution >= 0.6 is 12.6 Å². The first-order chi connectivity index (χ1) is 7.65. The molecule has 0 heterocycles. The Balaban J connectivity index is 3.35. The predicted octanol–water partition coefficient (Wildman–Crippen LogP) is 2.03. The van der Waals surface area contributed by atoms with E-state index in [0.29, 0.717) is 4.90 Å². The molecule has 0 aromatic heterocycles. The molecule has 0 spiro atoms. The van der Waals surface area contributed by atoms with Crippen LogP contribution in [0, 0.1) is 11.3 Å². The standard InChI is InChI=1S/C11H11NO3S/c1-3-15-11(13)9-8(16)5-4-7(6-12)10(9)14-2/h4-5,16H,3H2,1-2H3. The van der Waals surface area contributed by atoms with Gasteiger partial charge in [0.2, 0.25) is 0 Å². The Kier molecular flexibility index (Phi) is 4.20. The number of esters is 1. The number of carbonyl (C=O) groups excluding carboxylic acids is 1. The van der Waals surface area contributed by atoms with Gasteiger partial charge in [-0.3, -0.25) is 0 Å². The first-order valence-electron chi connectivity index (χ1n) is 4.62. The van der Waals surface area contributed by atoms with Crippen molar-refractivity contribution in [1.82, 2.24) is 0 Å². The molecule has 0 aliphatic rings. The molecule has 84 valence electrons. The van der Waals surface area contributed by atoms with Crippen molar-refractivity contribution in [3.05, 3.63) is 23.3 Å². The van der Waals surface area contributed by atoms with Crippen molar-refractivity contribution in [1.29, 1.82) is 5.26 Å². The molecule has 4 nitrogen and oxygen atoms in total. The molecule has 0 fully saturated rings. The van der Waals surface area contributed by atoms with Gasteiger partial charge in [0.15, 0.2) is 5.75 Å². The molecule has 1 aromatic carbocycles. The molecule has 1 aromatic rings. The van der Waals surface area contributed by atoms with Crippen LogP contribution in [-0.2, 0) is 4.74 Å². The third-order valence-corrected chi connectivity index (χ3v) is 2.31. The zero-order chi connectivity index (χ0) is 12.1. The van der Waals surface area contributed by atoms with Gasteiger partial charge in [-0.25, -0.2) is 4.79 Å². The monoisotopic (exact) mass is 237 g/mol. The summed E-state index contributed by atoms with van der Waals surface area (Å²) in [5, 5.41) is 8.87. The molecule has 0 saturated heterocycles. The van der Waals surface area contributed by atoms with E-state index in [1.54, 1.807) is 19.1 Å². The lowest BCUT2D eigenvalue weighted by Gasteiger charge is -2.11. The van der Waals surface area contributed by atoms with Gasteiger partial charge in [-0.1, -0.05) is 0 Å². The number of nitrogens with zero attached hydrogens (tertiary/aromatic N) is 1. The minimum atomic E-state index is -0.540. The van der Waals surface area contributed by atoms with Crippen LogP contribution < -0.4 is 4.74 Å². The lowest BCUT2D eigenvalue weighted by molar-refractivity contribution is 0.0518. The predicted molar refractivity (Wildman–Crippen MR) is 60.9 cm³/mol. The molecule has 0 radical (unpaired) electrons. The van der Waals surface area contributed by atoms with Gasteiger partial charge in [-0.15, -0.1) is 12.6 Å². The number of hydrogen-bond donors (Lipinski definition) is 1. The summed E-state index contributed by atoms with van der Waals surface area (Å²) in [6.45, 7) is 1.96. The summed E-state index contributed by atoms with van der Waals surface area (Å²) in [6.07, 6.45) is 0. The lowest BCUT2D eigenvalue weighted by atomic mass is 10.1. The van der Waals surface area contributed by atoms with Crippen molar-refractivity contribution in [2.24, 2.45) is 0 Å². The maximum atomic E-state index is 11.7. The van der Waals surface area contributed by atoms with Crippen molar-refractivity contribution in [3.8, 4) is 11.8 Å². The number of nitriles is 1. The van der Waals surface area contributed by atoms with Crippen LogP contribution in [0.4, 0.5) is 0 Å². The zero-order valence-corrected chi connectivity index (χ0v) is 9.88. The van der Waals surface area contributed by atoms with E-state index in [9.17, 15) is 4.79 Å². The molecule has 0 aliphatic heterocycles. The fraction of sp³-hybridized carbons (Fsp3) is 0.273. The maximum absolute atomic E-state index is 11.7. The zero-order valence-electron chi connectivity index (χ0n) is 8.98. The van der Waals surface area contributed by atoms with Crippen LogP contribution in [0.15, 0.2) is 17.0 Å². The van der Waals surface area contributed by atoms with Crippen LogP contribution in [-0.4, -0.2) is 19.7 Å². The molecule has 1 rings (SSSR count). The van der Waals surface area contributed by atoms with Crippen molar-refractivity contribution in [2.45, 2.75) is 11.8 Å². The van der Waals surface area contributed by atoms with Crippen molar-refractivity contribution < 1.29 is 14.3 Å². The van der Waals surface area contributed by atoms with E-state index in [0.717, 1.165) is 0 Å². The number of hydrogen-bond acceptors (Lipinski definition) is 5. The minimum Gasteiger partial charge on any atom is -0.494 e. The smallest absolute Gasteiger partial charge is 0.343 e. The second kappa shape index (κ2) is 5.42. The van der Waals surface area contributed by atoms with E-state index in [-0.39, 0.29) is 23.5 Å². The second-order valence-electron chi connectivity index (χ2n) is 2.87. The summed E-state index contributed by atoms with van der Waals surface area (Å²) in [7, 11) is 1.39. The fourth-order valence-electron chi connectivity index (χ4n) is 1.27. The molecular formula is C11H11NO3S. The molecule has 0 saturated carbocycles. The number of ether oxygens (including phenoxy) is 2. The average molecular weight is 237 g/mol. The number of thiol groups is 1. The summed E-state index contributed by atoms with van der Waals surface area (Å²) >= 11 is 4.15. The number of methoxy groups -OCH3 is 1. The molecule has 0 atom stereocenters. The van der Waals surface area contributed by atoms with Crippen LogP contribution in [0.3, 0.4) is 0 Å². The molecular weight excluding hydrogens is 226 g/mol. The molecule has 0 unspecified atom stereocenters. The van der Waals surface area contributed by atoms with E-state index in [1.165, 1.54) is 7.11 Å². The van der Waals surface area contributed by atoms with Crippen LogP contribution in [0.25, 0.3) is 0 Å².